The van der Waals surface area contributed by atoms with Crippen molar-refractivity contribution in [3.63, 3.8) is 0 Å². The van der Waals surface area contributed by atoms with Crippen LogP contribution in [0.1, 0.15) is 5.56 Å². The molecule has 1 aromatic carbocycles. The minimum atomic E-state index is 0.720. The van der Waals surface area contributed by atoms with E-state index in [1.165, 1.54) is 10.9 Å². The van der Waals surface area contributed by atoms with Crippen molar-refractivity contribution >= 4 is 27.1 Å². The summed E-state index contributed by atoms with van der Waals surface area (Å²) < 4.78 is 1.07. The fourth-order valence-corrected chi connectivity index (χ4v) is 2.30. The highest BCUT2D eigenvalue weighted by atomic mass is 32.1. The second kappa shape index (κ2) is 3.09. The molecule has 0 amide bonds. The highest BCUT2D eigenvalue weighted by Crippen LogP contribution is 2.33. The molecule has 0 saturated heterocycles. The van der Waals surface area contributed by atoms with E-state index in [9.17, 15) is 0 Å². The normalized spacial score (nSPS) is 9.92. The van der Waals surface area contributed by atoms with Crippen LogP contribution in [0.4, 0.5) is 5.69 Å². The number of aryl methyl sites for hydroxylation is 1. The van der Waals surface area contributed by atoms with Crippen molar-refractivity contribution in [3.05, 3.63) is 39.6 Å². The summed E-state index contributed by atoms with van der Waals surface area (Å²) in [4.78, 5) is 2.80. The first-order valence-corrected chi connectivity index (χ1v) is 4.73. The van der Waals surface area contributed by atoms with Gasteiger partial charge in [-0.1, -0.05) is 23.3 Å². The molecule has 2 aromatic rings. The number of rotatable bonds is 1. The van der Waals surface area contributed by atoms with Crippen LogP contribution in [0, 0.1) is 6.92 Å². The van der Waals surface area contributed by atoms with E-state index in [4.69, 9.17) is 5.53 Å². The molecule has 0 aliphatic heterocycles. The number of fused-ring (bicyclic) bond motifs is 1. The van der Waals surface area contributed by atoms with Gasteiger partial charge in [0.25, 0.3) is 0 Å². The first kappa shape index (κ1) is 8.10. The maximum Gasteiger partial charge on any atom is 0.0553 e. The first-order valence-electron chi connectivity index (χ1n) is 3.85. The molecule has 3 nitrogen and oxygen atoms in total. The van der Waals surface area contributed by atoms with Crippen LogP contribution < -0.4 is 0 Å². The van der Waals surface area contributed by atoms with Gasteiger partial charge in [-0.2, -0.15) is 0 Å². The molecule has 0 unspecified atom stereocenters. The lowest BCUT2D eigenvalue weighted by atomic mass is 10.2. The summed E-state index contributed by atoms with van der Waals surface area (Å²) in [6.07, 6.45) is 0. The monoisotopic (exact) mass is 189 g/mol. The van der Waals surface area contributed by atoms with E-state index < -0.39 is 0 Å². The smallest absolute Gasteiger partial charge is 0.0553 e. The molecule has 0 spiro atoms. The van der Waals surface area contributed by atoms with E-state index in [1.54, 1.807) is 11.3 Å². The molecule has 4 heteroatoms. The van der Waals surface area contributed by atoms with E-state index in [0.717, 1.165) is 10.4 Å². The largest absolute Gasteiger partial charge is 0.143 e. The van der Waals surface area contributed by atoms with Gasteiger partial charge >= 0.3 is 0 Å². The molecular weight excluding hydrogens is 182 g/mol. The van der Waals surface area contributed by atoms with Gasteiger partial charge in [0.15, 0.2) is 0 Å². The van der Waals surface area contributed by atoms with Crippen molar-refractivity contribution in [2.24, 2.45) is 5.11 Å². The summed E-state index contributed by atoms with van der Waals surface area (Å²) in [6.45, 7) is 2.05. The Kier molecular flexibility index (Phi) is 1.93. The Bertz CT molecular complexity index is 495. The van der Waals surface area contributed by atoms with E-state index in [2.05, 4.69) is 22.3 Å². The number of hydrogen-bond acceptors (Lipinski definition) is 2. The van der Waals surface area contributed by atoms with Crippen LogP contribution in [0.3, 0.4) is 0 Å². The van der Waals surface area contributed by atoms with Crippen LogP contribution in [-0.2, 0) is 0 Å². The average Bonchev–Trinajstić information content (AvgIpc) is 2.50. The maximum absolute atomic E-state index is 8.35. The molecule has 0 radical (unpaired) electrons. The Morgan fingerprint density at radius 2 is 2.31 bits per heavy atom. The fraction of sp³-hybridized carbons (Fsp3) is 0.111. The molecule has 0 fully saturated rings. The van der Waals surface area contributed by atoms with Crippen molar-refractivity contribution in [3.8, 4) is 0 Å². The van der Waals surface area contributed by atoms with Gasteiger partial charge < -0.3 is 0 Å². The van der Waals surface area contributed by atoms with Crippen LogP contribution >= 0.6 is 11.3 Å². The Balaban J connectivity index is 2.84. The molecule has 2 rings (SSSR count). The third-order valence-electron chi connectivity index (χ3n) is 1.93. The second-order valence-electron chi connectivity index (χ2n) is 2.76. The van der Waals surface area contributed by atoms with Gasteiger partial charge in [0, 0.05) is 9.61 Å². The number of hydrogen-bond donors (Lipinski definition) is 0. The molecule has 0 saturated carbocycles. The molecule has 0 N–H and O–H groups in total. The van der Waals surface area contributed by atoms with Crippen LogP contribution in [0.5, 0.6) is 0 Å². The quantitative estimate of drug-likeness (QED) is 0.367. The number of azide groups is 1. The lowest BCUT2D eigenvalue weighted by Crippen LogP contribution is -1.67. The zero-order chi connectivity index (χ0) is 9.26. The van der Waals surface area contributed by atoms with Crippen molar-refractivity contribution in [2.75, 3.05) is 0 Å². The Morgan fingerprint density at radius 3 is 3.08 bits per heavy atom. The summed E-state index contributed by atoms with van der Waals surface area (Å²) in [7, 11) is 0. The van der Waals surface area contributed by atoms with Crippen LogP contribution in [0.2, 0.25) is 0 Å². The van der Waals surface area contributed by atoms with Crippen LogP contribution in [-0.4, -0.2) is 0 Å². The Morgan fingerprint density at radius 1 is 1.46 bits per heavy atom. The number of thiophene rings is 1. The number of benzene rings is 1. The average molecular weight is 189 g/mol. The lowest BCUT2D eigenvalue weighted by Gasteiger charge is -1.94. The molecular formula is C9H7N3S. The fourth-order valence-electron chi connectivity index (χ4n) is 1.30. The topological polar surface area (TPSA) is 48.8 Å². The third-order valence-corrected chi connectivity index (χ3v) is 3.06. The van der Waals surface area contributed by atoms with Gasteiger partial charge in [-0.05, 0) is 28.8 Å². The van der Waals surface area contributed by atoms with Crippen LogP contribution in [0.25, 0.3) is 20.5 Å². The zero-order valence-corrected chi connectivity index (χ0v) is 7.88. The van der Waals surface area contributed by atoms with Crippen molar-refractivity contribution < 1.29 is 0 Å². The number of nitrogens with zero attached hydrogens (tertiary/aromatic N) is 3. The Labute approximate surface area is 79.3 Å². The lowest BCUT2D eigenvalue weighted by molar-refractivity contribution is 1.52. The summed E-state index contributed by atoms with van der Waals surface area (Å²) in [5.74, 6) is 0. The summed E-state index contributed by atoms with van der Waals surface area (Å²) in [5, 5.41) is 6.89. The minimum absolute atomic E-state index is 0.720. The second-order valence-corrected chi connectivity index (χ2v) is 3.64. The SMILES string of the molecule is Cc1csc2c(N=[N+]=[N-])cccc12. The highest BCUT2D eigenvalue weighted by molar-refractivity contribution is 7.18. The molecule has 64 valence electrons. The van der Waals surface area contributed by atoms with Crippen molar-refractivity contribution in [1.82, 2.24) is 0 Å². The van der Waals surface area contributed by atoms with Crippen LogP contribution in [0.15, 0.2) is 28.7 Å². The third kappa shape index (κ3) is 1.26. The molecule has 1 heterocycles. The van der Waals surface area contributed by atoms with Gasteiger partial charge in [-0.15, -0.1) is 11.3 Å². The van der Waals surface area contributed by atoms with E-state index in [0.29, 0.717) is 0 Å². The highest BCUT2D eigenvalue weighted by Gasteiger charge is 2.02. The van der Waals surface area contributed by atoms with Gasteiger partial charge in [0.1, 0.15) is 0 Å². The molecule has 13 heavy (non-hydrogen) atoms. The minimum Gasteiger partial charge on any atom is -0.143 e. The summed E-state index contributed by atoms with van der Waals surface area (Å²) >= 11 is 1.62. The van der Waals surface area contributed by atoms with Gasteiger partial charge in [-0.3, -0.25) is 0 Å². The maximum atomic E-state index is 8.35. The molecule has 0 aliphatic carbocycles. The van der Waals surface area contributed by atoms with Crippen molar-refractivity contribution in [1.29, 1.82) is 0 Å². The standard InChI is InChI=1S/C9H7N3S/c1-6-5-13-9-7(6)3-2-4-8(9)11-12-10/h2-5H,1H3. The zero-order valence-electron chi connectivity index (χ0n) is 7.06. The van der Waals surface area contributed by atoms with Gasteiger partial charge in [-0.25, -0.2) is 0 Å². The van der Waals surface area contributed by atoms with E-state index in [-0.39, 0.29) is 0 Å². The summed E-state index contributed by atoms with van der Waals surface area (Å²) in [6, 6.07) is 5.78. The molecule has 1 aromatic heterocycles. The molecule has 0 aliphatic rings. The van der Waals surface area contributed by atoms with E-state index in [1.807, 2.05) is 18.2 Å². The predicted octanol–water partition coefficient (Wildman–Crippen LogP) is 4.15. The van der Waals surface area contributed by atoms with Gasteiger partial charge in [0.05, 0.1) is 5.69 Å². The van der Waals surface area contributed by atoms with E-state index >= 15 is 0 Å². The first-order chi connectivity index (χ1) is 6.33. The summed E-state index contributed by atoms with van der Waals surface area (Å²) in [5.41, 5.74) is 10.3. The van der Waals surface area contributed by atoms with Gasteiger partial charge in [0.2, 0.25) is 0 Å². The van der Waals surface area contributed by atoms with Crippen molar-refractivity contribution in [2.45, 2.75) is 6.92 Å². The molecule has 0 bridgehead atoms. The predicted molar refractivity (Wildman–Crippen MR) is 55.4 cm³/mol. The molecule has 0 atom stereocenters. The Hall–Kier alpha value is -1.51.